The molecular weight excluding hydrogens is 270 g/mol. The number of nitro groups is 1. The van der Waals surface area contributed by atoms with E-state index in [0.29, 0.717) is 5.56 Å². The van der Waals surface area contributed by atoms with E-state index < -0.39 is 24.0 Å². The number of nitrogens with zero attached hydrogens (tertiary/aromatic N) is 1. The highest BCUT2D eigenvalue weighted by atomic mass is 35.5. The zero-order chi connectivity index (χ0) is 13.8. The zero-order valence-electron chi connectivity index (χ0n) is 9.20. The van der Waals surface area contributed by atoms with Gasteiger partial charge in [-0.25, -0.2) is 8.78 Å². The molecule has 0 unspecified atom stereocenters. The Kier molecular flexibility index (Phi) is 4.94. The molecule has 0 heterocycles. The summed E-state index contributed by atoms with van der Waals surface area (Å²) in [6, 6.07) is 3.79. The van der Waals surface area contributed by atoms with Crippen LogP contribution in [0.15, 0.2) is 18.2 Å². The standard InChI is InChI=1S/C10H11ClF2N2O3/c11-9-3-8(15(17)18)2-1-7(9)4-14-5-10(12,13)6-16/h1-3,14,16H,4-6H2. The van der Waals surface area contributed by atoms with Crippen LogP contribution < -0.4 is 5.32 Å². The van der Waals surface area contributed by atoms with Gasteiger partial charge in [-0.2, -0.15) is 0 Å². The van der Waals surface area contributed by atoms with Gasteiger partial charge < -0.3 is 10.4 Å². The molecule has 0 amide bonds. The molecule has 8 heteroatoms. The van der Waals surface area contributed by atoms with Crippen LogP contribution in [0.3, 0.4) is 0 Å². The average Bonchev–Trinajstić information content (AvgIpc) is 2.31. The molecule has 0 fully saturated rings. The lowest BCUT2D eigenvalue weighted by Gasteiger charge is -2.14. The maximum Gasteiger partial charge on any atom is 0.282 e. The highest BCUT2D eigenvalue weighted by Gasteiger charge is 2.26. The minimum Gasteiger partial charge on any atom is -0.390 e. The van der Waals surface area contributed by atoms with Crippen LogP contribution in [0, 0.1) is 10.1 Å². The van der Waals surface area contributed by atoms with Crippen LogP contribution in [0.1, 0.15) is 5.56 Å². The maximum atomic E-state index is 12.7. The molecule has 100 valence electrons. The second-order valence-corrected chi connectivity index (χ2v) is 4.06. The number of aliphatic hydroxyl groups is 1. The molecule has 0 bridgehead atoms. The van der Waals surface area contributed by atoms with Crippen molar-refractivity contribution in [2.45, 2.75) is 12.5 Å². The minimum absolute atomic E-state index is 0.0341. The van der Waals surface area contributed by atoms with Crippen LogP contribution in [0.5, 0.6) is 0 Å². The molecule has 0 saturated heterocycles. The van der Waals surface area contributed by atoms with Crippen molar-refractivity contribution in [3.8, 4) is 0 Å². The van der Waals surface area contributed by atoms with Crippen molar-refractivity contribution in [1.29, 1.82) is 0 Å². The first kappa shape index (κ1) is 14.7. The molecule has 0 aliphatic rings. The van der Waals surface area contributed by atoms with Crippen LogP contribution >= 0.6 is 11.6 Å². The third-order valence-corrected chi connectivity index (χ3v) is 2.53. The SMILES string of the molecule is O=[N+]([O-])c1ccc(CNCC(F)(F)CO)c(Cl)c1. The average molecular weight is 281 g/mol. The van der Waals surface area contributed by atoms with Crippen LogP contribution in [-0.4, -0.2) is 29.1 Å². The van der Waals surface area contributed by atoms with Gasteiger partial charge in [0.25, 0.3) is 11.6 Å². The summed E-state index contributed by atoms with van der Waals surface area (Å²) in [5.74, 6) is -3.20. The molecule has 0 atom stereocenters. The summed E-state index contributed by atoms with van der Waals surface area (Å²) in [4.78, 5) is 9.86. The van der Waals surface area contributed by atoms with Gasteiger partial charge in [0.2, 0.25) is 0 Å². The van der Waals surface area contributed by atoms with Gasteiger partial charge in [-0.1, -0.05) is 11.6 Å². The number of nitro benzene ring substituents is 1. The van der Waals surface area contributed by atoms with Crippen molar-refractivity contribution < 1.29 is 18.8 Å². The van der Waals surface area contributed by atoms with Gasteiger partial charge in [0.15, 0.2) is 0 Å². The molecule has 18 heavy (non-hydrogen) atoms. The number of hydrogen-bond acceptors (Lipinski definition) is 4. The van der Waals surface area contributed by atoms with Crippen molar-refractivity contribution in [2.24, 2.45) is 0 Å². The lowest BCUT2D eigenvalue weighted by atomic mass is 10.2. The van der Waals surface area contributed by atoms with Gasteiger partial charge in [0, 0.05) is 18.7 Å². The highest BCUT2D eigenvalue weighted by molar-refractivity contribution is 6.31. The molecule has 0 aromatic heterocycles. The topological polar surface area (TPSA) is 75.4 Å². The number of non-ortho nitro benzene ring substituents is 1. The Morgan fingerprint density at radius 1 is 1.50 bits per heavy atom. The number of aliphatic hydroxyl groups excluding tert-OH is 1. The van der Waals surface area contributed by atoms with E-state index in [9.17, 15) is 18.9 Å². The van der Waals surface area contributed by atoms with Crippen molar-refractivity contribution in [2.75, 3.05) is 13.2 Å². The van der Waals surface area contributed by atoms with Gasteiger partial charge in [-0.05, 0) is 11.6 Å². The number of benzene rings is 1. The van der Waals surface area contributed by atoms with E-state index in [2.05, 4.69) is 5.32 Å². The third-order valence-electron chi connectivity index (χ3n) is 2.18. The first-order valence-corrected chi connectivity index (χ1v) is 5.36. The minimum atomic E-state index is -3.20. The molecule has 1 rings (SSSR count). The van der Waals surface area contributed by atoms with Gasteiger partial charge in [0.1, 0.15) is 6.61 Å². The lowest BCUT2D eigenvalue weighted by Crippen LogP contribution is -2.35. The van der Waals surface area contributed by atoms with Gasteiger partial charge >= 0.3 is 0 Å². The molecule has 2 N–H and O–H groups in total. The first-order chi connectivity index (χ1) is 8.35. The van der Waals surface area contributed by atoms with Crippen LogP contribution in [0.2, 0.25) is 5.02 Å². The molecule has 0 aliphatic heterocycles. The Balaban J connectivity index is 2.61. The van der Waals surface area contributed by atoms with Crippen molar-refractivity contribution in [1.82, 2.24) is 5.32 Å². The number of nitrogens with one attached hydrogen (secondary N) is 1. The molecule has 1 aromatic rings. The molecule has 0 spiro atoms. The van der Waals surface area contributed by atoms with Crippen LogP contribution in [0.4, 0.5) is 14.5 Å². The number of rotatable bonds is 6. The van der Waals surface area contributed by atoms with Crippen LogP contribution in [-0.2, 0) is 6.54 Å². The van der Waals surface area contributed by atoms with E-state index in [1.165, 1.54) is 12.1 Å². The summed E-state index contributed by atoms with van der Waals surface area (Å²) in [6.45, 7) is -1.91. The molecule has 5 nitrogen and oxygen atoms in total. The summed E-state index contributed by atoms with van der Waals surface area (Å²) >= 11 is 5.78. The fourth-order valence-electron chi connectivity index (χ4n) is 1.23. The largest absolute Gasteiger partial charge is 0.390 e. The number of alkyl halides is 2. The van der Waals surface area contributed by atoms with E-state index in [-0.39, 0.29) is 17.3 Å². The number of halogens is 3. The fraction of sp³-hybridized carbons (Fsp3) is 0.400. The summed E-state index contributed by atoms with van der Waals surface area (Å²) in [7, 11) is 0. The summed E-state index contributed by atoms with van der Waals surface area (Å²) < 4.78 is 25.4. The normalized spacial score (nSPS) is 11.6. The van der Waals surface area contributed by atoms with Gasteiger partial charge in [-0.15, -0.1) is 0 Å². The molecule has 0 radical (unpaired) electrons. The second kappa shape index (κ2) is 6.03. The van der Waals surface area contributed by atoms with Gasteiger partial charge in [0.05, 0.1) is 16.5 Å². The Labute approximate surface area is 107 Å². The Morgan fingerprint density at radius 2 is 2.17 bits per heavy atom. The Bertz CT molecular complexity index is 443. The van der Waals surface area contributed by atoms with Gasteiger partial charge in [-0.3, -0.25) is 10.1 Å². The van der Waals surface area contributed by atoms with E-state index in [1.54, 1.807) is 0 Å². The fourth-order valence-corrected chi connectivity index (χ4v) is 1.47. The third kappa shape index (κ3) is 4.17. The maximum absolute atomic E-state index is 12.7. The van der Waals surface area contributed by atoms with Crippen molar-refractivity contribution in [3.63, 3.8) is 0 Å². The summed E-state index contributed by atoms with van der Waals surface area (Å²) in [6.07, 6.45) is 0. The zero-order valence-corrected chi connectivity index (χ0v) is 9.95. The van der Waals surface area contributed by atoms with Crippen molar-refractivity contribution >= 4 is 17.3 Å². The highest BCUT2D eigenvalue weighted by Crippen LogP contribution is 2.22. The Hall–Kier alpha value is -1.31. The smallest absolute Gasteiger partial charge is 0.282 e. The molecule has 1 aromatic carbocycles. The predicted molar refractivity (Wildman–Crippen MR) is 61.8 cm³/mol. The van der Waals surface area contributed by atoms with E-state index in [0.717, 1.165) is 6.07 Å². The number of hydrogen-bond donors (Lipinski definition) is 2. The van der Waals surface area contributed by atoms with Crippen molar-refractivity contribution in [3.05, 3.63) is 38.9 Å². The van der Waals surface area contributed by atoms with E-state index >= 15 is 0 Å². The Morgan fingerprint density at radius 3 is 2.67 bits per heavy atom. The van der Waals surface area contributed by atoms with Crippen LogP contribution in [0.25, 0.3) is 0 Å². The molecule has 0 aliphatic carbocycles. The molecule has 0 saturated carbocycles. The summed E-state index contributed by atoms with van der Waals surface area (Å²) in [5.41, 5.74) is 0.306. The quantitative estimate of drug-likeness (QED) is 0.617. The monoisotopic (exact) mass is 280 g/mol. The molecular formula is C10H11ClF2N2O3. The summed E-state index contributed by atoms with van der Waals surface area (Å²) in [5, 5.41) is 21.4. The predicted octanol–water partition coefficient (Wildman–Crippen LogP) is 1.97. The first-order valence-electron chi connectivity index (χ1n) is 4.98. The van der Waals surface area contributed by atoms with E-state index in [4.69, 9.17) is 16.7 Å². The lowest BCUT2D eigenvalue weighted by molar-refractivity contribution is -0.384. The van der Waals surface area contributed by atoms with E-state index in [1.807, 2.05) is 0 Å². The second-order valence-electron chi connectivity index (χ2n) is 3.65.